The van der Waals surface area contributed by atoms with Gasteiger partial charge < -0.3 is 21.7 Å². The Bertz CT molecular complexity index is 1030. The number of carbonyl (C=O) groups excluding carboxylic acids is 1. The average Bonchev–Trinajstić information content (AvgIpc) is 2.86. The molecule has 0 bridgehead atoms. The van der Waals surface area contributed by atoms with Crippen LogP contribution in [0.4, 0.5) is 5.69 Å². The number of esters is 1. The first-order chi connectivity index (χ1) is 15.8. The number of benzene rings is 4. The van der Waals surface area contributed by atoms with Gasteiger partial charge >= 0.3 is 5.97 Å². The summed E-state index contributed by atoms with van der Waals surface area (Å²) >= 11 is 0. The highest BCUT2D eigenvalue weighted by Gasteiger charge is 2.52. The van der Waals surface area contributed by atoms with Gasteiger partial charge in [0.15, 0.2) is 6.54 Å². The fourth-order valence-electron chi connectivity index (χ4n) is 4.10. The van der Waals surface area contributed by atoms with E-state index in [0.29, 0.717) is 6.61 Å². The van der Waals surface area contributed by atoms with Gasteiger partial charge in [-0.25, -0.2) is 9.46 Å². The van der Waals surface area contributed by atoms with E-state index in [1.165, 1.54) is 15.9 Å². The molecule has 0 aliphatic carbocycles. The van der Waals surface area contributed by atoms with Crippen molar-refractivity contribution in [3.63, 3.8) is 0 Å². The summed E-state index contributed by atoms with van der Waals surface area (Å²) in [6.07, 6.45) is 0. The maximum atomic E-state index is 12.9. The number of halogens is 1. The van der Waals surface area contributed by atoms with Crippen LogP contribution in [-0.2, 0) is 9.53 Å². The van der Waals surface area contributed by atoms with Crippen LogP contribution in [-0.4, -0.2) is 19.1 Å². The number of anilines is 1. The second kappa shape index (κ2) is 11.8. The number of nitrogens with zero attached hydrogens (tertiary/aromatic N) is 1. The molecule has 4 aromatic rings. The van der Waals surface area contributed by atoms with Crippen molar-refractivity contribution in [1.29, 1.82) is 0 Å². The summed E-state index contributed by atoms with van der Waals surface area (Å²) in [6.45, 7) is 2.36. The lowest BCUT2D eigenvalue weighted by Crippen LogP contribution is -3.00. The first-order valence-corrected chi connectivity index (χ1v) is 12.6. The van der Waals surface area contributed by atoms with E-state index in [9.17, 15) is 4.79 Å². The highest BCUT2D eigenvalue weighted by molar-refractivity contribution is 7.97. The Hall–Kier alpha value is -2.94. The molecule has 3 nitrogen and oxygen atoms in total. The van der Waals surface area contributed by atoms with Gasteiger partial charge in [0.25, 0.3) is 0 Å². The molecule has 0 fully saturated rings. The molecule has 0 atom stereocenters. The monoisotopic (exact) mass is 519 g/mol. The van der Waals surface area contributed by atoms with Crippen molar-refractivity contribution in [1.82, 2.24) is 0 Å². The van der Waals surface area contributed by atoms with Gasteiger partial charge in [-0.3, -0.25) is 0 Å². The molecule has 0 spiro atoms. The normalized spacial score (nSPS) is 10.7. The first-order valence-electron chi connectivity index (χ1n) is 10.8. The third-order valence-electron chi connectivity index (χ3n) is 5.39. The second-order valence-electron chi connectivity index (χ2n) is 7.34. The number of hydrogen-bond donors (Lipinski definition) is 0. The molecule has 33 heavy (non-hydrogen) atoms. The minimum absolute atomic E-state index is 0. The fourth-order valence-corrected chi connectivity index (χ4v) is 8.45. The summed E-state index contributed by atoms with van der Waals surface area (Å²) in [5.41, 5.74) is 0.991. The zero-order valence-corrected chi connectivity index (χ0v) is 21.0. The molecule has 4 aromatic carbocycles. The van der Waals surface area contributed by atoms with E-state index < -0.39 is 7.41 Å². The van der Waals surface area contributed by atoms with Gasteiger partial charge in [-0.2, -0.15) is 0 Å². The van der Waals surface area contributed by atoms with Gasteiger partial charge in [-0.15, -0.1) is 0 Å². The van der Waals surface area contributed by atoms with Gasteiger partial charge in [0.2, 0.25) is 7.41 Å². The Morgan fingerprint density at radius 1 is 0.667 bits per heavy atom. The number of para-hydroxylation sites is 1. The molecular weight excluding hydrogens is 493 g/mol. The predicted octanol–water partition coefficient (Wildman–Crippen LogP) is 1.97. The molecule has 0 aliphatic rings. The first kappa shape index (κ1) is 24.7. The molecule has 0 saturated heterocycles. The molecule has 0 aromatic heterocycles. The number of carbonyl (C=O) groups is 1. The standard InChI is InChI=1S/C28H27NO2P.BrH/c1-2-31-28(30)23-29(24-15-7-3-8-16-24)32(25-17-9-4-10-18-25,26-19-11-5-12-20-26)27-21-13-6-14-22-27;/h3-22H,2,23H2,1H3;1H/q+1;/p-1. The van der Waals surface area contributed by atoms with Crippen molar-refractivity contribution in [3.05, 3.63) is 121 Å². The van der Waals surface area contributed by atoms with Gasteiger partial charge in [-0.1, -0.05) is 72.8 Å². The topological polar surface area (TPSA) is 29.5 Å². The van der Waals surface area contributed by atoms with Crippen molar-refractivity contribution in [2.24, 2.45) is 0 Å². The van der Waals surface area contributed by atoms with Crippen molar-refractivity contribution < 1.29 is 26.5 Å². The van der Waals surface area contributed by atoms with Gasteiger partial charge in [0.1, 0.15) is 15.9 Å². The summed E-state index contributed by atoms with van der Waals surface area (Å²) < 4.78 is 7.70. The maximum Gasteiger partial charge on any atom is 0.329 e. The van der Waals surface area contributed by atoms with E-state index in [1.54, 1.807) is 0 Å². The van der Waals surface area contributed by atoms with Crippen LogP contribution >= 0.6 is 7.41 Å². The van der Waals surface area contributed by atoms with Gasteiger partial charge in [0, 0.05) is 0 Å². The maximum absolute atomic E-state index is 12.9. The van der Waals surface area contributed by atoms with Gasteiger partial charge in [0.05, 0.1) is 12.3 Å². The molecule has 4 rings (SSSR count). The molecule has 0 N–H and O–H groups in total. The molecule has 0 unspecified atom stereocenters. The highest BCUT2D eigenvalue weighted by Crippen LogP contribution is 2.60. The Morgan fingerprint density at radius 2 is 1.03 bits per heavy atom. The van der Waals surface area contributed by atoms with Crippen LogP contribution in [0.5, 0.6) is 0 Å². The number of hydrogen-bond acceptors (Lipinski definition) is 3. The second-order valence-corrected chi connectivity index (χ2v) is 10.6. The van der Waals surface area contributed by atoms with Crippen molar-refractivity contribution in [2.45, 2.75) is 6.92 Å². The largest absolute Gasteiger partial charge is 1.00 e. The Labute approximate surface area is 207 Å². The number of ether oxygens (including phenoxy) is 1. The van der Waals surface area contributed by atoms with Gasteiger partial charge in [-0.05, 0) is 55.5 Å². The Kier molecular flexibility index (Phi) is 8.82. The SMILES string of the molecule is CCOC(=O)CN(c1ccccc1)[P+](c1ccccc1)(c1ccccc1)c1ccccc1.[Br-]. The summed E-state index contributed by atoms with van der Waals surface area (Å²) in [6, 6.07) is 41.8. The van der Waals surface area contributed by atoms with Crippen molar-refractivity contribution >= 4 is 35.0 Å². The Morgan fingerprint density at radius 3 is 1.39 bits per heavy atom. The van der Waals surface area contributed by atoms with E-state index in [0.717, 1.165) is 5.69 Å². The van der Waals surface area contributed by atoms with Crippen LogP contribution in [0.25, 0.3) is 0 Å². The molecule has 0 radical (unpaired) electrons. The fraction of sp³-hybridized carbons (Fsp3) is 0.107. The molecule has 0 saturated carbocycles. The van der Waals surface area contributed by atoms with Crippen molar-refractivity contribution in [2.75, 3.05) is 17.8 Å². The van der Waals surface area contributed by atoms with Crippen LogP contribution in [0.15, 0.2) is 121 Å². The molecule has 168 valence electrons. The van der Waals surface area contributed by atoms with E-state index >= 15 is 0 Å². The smallest absolute Gasteiger partial charge is 0.329 e. The lowest BCUT2D eigenvalue weighted by molar-refractivity contribution is -0.141. The summed E-state index contributed by atoms with van der Waals surface area (Å²) in [5.74, 6) is -0.233. The molecular formula is C28H27BrNO2P. The molecule has 5 heteroatoms. The molecule has 0 aliphatic heterocycles. The number of rotatable bonds is 8. The minimum atomic E-state index is -2.43. The van der Waals surface area contributed by atoms with E-state index in [1.807, 2.05) is 43.3 Å². The average molecular weight is 520 g/mol. The highest BCUT2D eigenvalue weighted by atomic mass is 79.9. The van der Waals surface area contributed by atoms with Crippen LogP contribution in [0.1, 0.15) is 6.92 Å². The summed E-state index contributed by atoms with van der Waals surface area (Å²) in [5, 5.41) is 3.56. The van der Waals surface area contributed by atoms with E-state index in [4.69, 9.17) is 4.74 Å². The lowest BCUT2D eigenvalue weighted by Gasteiger charge is -2.37. The molecule has 0 amide bonds. The third kappa shape index (κ3) is 5.19. The summed E-state index contributed by atoms with van der Waals surface area (Å²) in [4.78, 5) is 12.9. The zero-order valence-electron chi connectivity index (χ0n) is 18.6. The third-order valence-corrected chi connectivity index (χ3v) is 9.62. The predicted molar refractivity (Wildman–Crippen MR) is 136 cm³/mol. The van der Waals surface area contributed by atoms with Crippen LogP contribution in [0.2, 0.25) is 0 Å². The van der Waals surface area contributed by atoms with Crippen molar-refractivity contribution in [3.8, 4) is 0 Å². The van der Waals surface area contributed by atoms with Crippen LogP contribution in [0.3, 0.4) is 0 Å². The minimum Gasteiger partial charge on any atom is -1.00 e. The Balaban J connectivity index is 0.00000306. The van der Waals surface area contributed by atoms with Crippen LogP contribution < -0.4 is 37.6 Å². The quantitative estimate of drug-likeness (QED) is 0.263. The molecule has 0 heterocycles. The van der Waals surface area contributed by atoms with Crippen LogP contribution in [0, 0.1) is 0 Å². The lowest BCUT2D eigenvalue weighted by atomic mass is 10.3. The van der Waals surface area contributed by atoms with E-state index in [-0.39, 0.29) is 29.5 Å². The summed E-state index contributed by atoms with van der Waals surface area (Å²) in [7, 11) is -2.43. The van der Waals surface area contributed by atoms with E-state index in [2.05, 4.69) is 89.6 Å². The zero-order chi connectivity index (χ0) is 22.2.